The van der Waals surface area contributed by atoms with Crippen LogP contribution in [0.3, 0.4) is 0 Å². The van der Waals surface area contributed by atoms with E-state index in [9.17, 15) is 0 Å². The van der Waals surface area contributed by atoms with Crippen molar-refractivity contribution in [3.8, 4) is 0 Å². The van der Waals surface area contributed by atoms with Crippen LogP contribution < -0.4 is 5.73 Å². The number of hydrogen-bond donors (Lipinski definition) is 1. The second-order valence-electron chi connectivity index (χ2n) is 3.85. The molecule has 3 nitrogen and oxygen atoms in total. The topological polar surface area (TPSA) is 43.8 Å². The van der Waals surface area contributed by atoms with Gasteiger partial charge in [-0.3, -0.25) is 4.68 Å². The van der Waals surface area contributed by atoms with Crippen LogP contribution in [-0.4, -0.2) is 9.78 Å². The van der Waals surface area contributed by atoms with Crippen LogP contribution >= 0.6 is 0 Å². The third-order valence-corrected chi connectivity index (χ3v) is 3.08. The van der Waals surface area contributed by atoms with Crippen molar-refractivity contribution >= 4 is 5.82 Å². The van der Waals surface area contributed by atoms with E-state index >= 15 is 0 Å². The van der Waals surface area contributed by atoms with Crippen LogP contribution in [0.4, 0.5) is 5.82 Å². The lowest BCUT2D eigenvalue weighted by Gasteiger charge is -2.26. The number of nitrogens with zero attached hydrogens (tertiary/aromatic N) is 2. The van der Waals surface area contributed by atoms with Crippen LogP contribution in [0.15, 0.2) is 6.07 Å². The maximum Gasteiger partial charge on any atom is 0.145 e. The minimum atomic E-state index is 0.208. The first-order chi connectivity index (χ1) is 6.03. The van der Waals surface area contributed by atoms with Gasteiger partial charge in [0, 0.05) is 24.2 Å². The molecule has 0 bridgehead atoms. The number of hydrogen-bond acceptors (Lipinski definition) is 2. The quantitative estimate of drug-likeness (QED) is 0.776. The molecule has 0 saturated heterocycles. The normalized spacial score (nSPS) is 12.0. The highest BCUT2D eigenvalue weighted by Crippen LogP contribution is 2.31. The molecule has 0 radical (unpaired) electrons. The number of nitrogen functional groups attached to an aromatic ring is 1. The van der Waals surface area contributed by atoms with Crippen LogP contribution in [0.25, 0.3) is 0 Å². The minimum absolute atomic E-state index is 0.208. The van der Waals surface area contributed by atoms with Gasteiger partial charge in [0.1, 0.15) is 5.82 Å². The summed E-state index contributed by atoms with van der Waals surface area (Å²) in [7, 11) is 1.95. The Labute approximate surface area is 79.9 Å². The van der Waals surface area contributed by atoms with Crippen LogP contribution in [0, 0.1) is 0 Å². The third kappa shape index (κ3) is 1.69. The molecule has 0 aliphatic rings. The minimum Gasteiger partial charge on any atom is -0.382 e. The second kappa shape index (κ2) is 3.40. The van der Waals surface area contributed by atoms with Gasteiger partial charge in [0.2, 0.25) is 0 Å². The average Bonchev–Trinajstić information content (AvgIpc) is 2.44. The Bertz CT molecular complexity index is 284. The molecule has 0 aromatic carbocycles. The lowest BCUT2D eigenvalue weighted by Crippen LogP contribution is -2.23. The van der Waals surface area contributed by atoms with Gasteiger partial charge >= 0.3 is 0 Å². The predicted molar refractivity (Wildman–Crippen MR) is 55.6 cm³/mol. The molecule has 13 heavy (non-hydrogen) atoms. The number of anilines is 1. The molecule has 1 rings (SSSR count). The first kappa shape index (κ1) is 10.1. The van der Waals surface area contributed by atoms with E-state index in [4.69, 9.17) is 5.73 Å². The lowest BCUT2D eigenvalue weighted by atomic mass is 9.81. The molecular weight excluding hydrogens is 162 g/mol. The monoisotopic (exact) mass is 181 g/mol. The lowest BCUT2D eigenvalue weighted by molar-refractivity contribution is 0.405. The van der Waals surface area contributed by atoms with Gasteiger partial charge in [-0.25, -0.2) is 0 Å². The highest BCUT2D eigenvalue weighted by molar-refractivity contribution is 5.33. The highest BCUT2D eigenvalue weighted by atomic mass is 15.3. The van der Waals surface area contributed by atoms with E-state index in [-0.39, 0.29) is 5.41 Å². The molecule has 0 fully saturated rings. The van der Waals surface area contributed by atoms with Crippen molar-refractivity contribution in [3.63, 3.8) is 0 Å². The van der Waals surface area contributed by atoms with E-state index in [2.05, 4.69) is 25.9 Å². The largest absolute Gasteiger partial charge is 0.382 e. The molecule has 1 heterocycles. The van der Waals surface area contributed by atoms with E-state index in [0.717, 1.165) is 12.8 Å². The maximum atomic E-state index is 5.65. The predicted octanol–water partition coefficient (Wildman–Crippen LogP) is 2.08. The van der Waals surface area contributed by atoms with Crippen LogP contribution in [0.1, 0.15) is 39.3 Å². The van der Waals surface area contributed by atoms with Crippen molar-refractivity contribution in [2.24, 2.45) is 7.05 Å². The van der Waals surface area contributed by atoms with Gasteiger partial charge < -0.3 is 5.73 Å². The van der Waals surface area contributed by atoms with Gasteiger partial charge in [0.05, 0.1) is 0 Å². The Morgan fingerprint density at radius 3 is 2.31 bits per heavy atom. The van der Waals surface area contributed by atoms with Crippen LogP contribution in [0.2, 0.25) is 0 Å². The number of aromatic nitrogens is 2. The molecule has 0 spiro atoms. The number of rotatable bonds is 3. The van der Waals surface area contributed by atoms with Gasteiger partial charge in [-0.15, -0.1) is 0 Å². The molecule has 2 N–H and O–H groups in total. The molecule has 0 saturated carbocycles. The standard InChI is InChI=1S/C10H19N3/c1-5-10(3,6-2)8-7-9(11)12-13(8)4/h7H,5-6H2,1-4H3,(H2,11,12). The Morgan fingerprint density at radius 1 is 1.46 bits per heavy atom. The zero-order valence-electron chi connectivity index (χ0n) is 8.96. The smallest absolute Gasteiger partial charge is 0.145 e. The Hall–Kier alpha value is -0.990. The van der Waals surface area contributed by atoms with Gasteiger partial charge in [0.15, 0.2) is 0 Å². The molecule has 1 aromatic heterocycles. The molecule has 0 unspecified atom stereocenters. The molecule has 1 aromatic rings. The number of aryl methyl sites for hydroxylation is 1. The summed E-state index contributed by atoms with van der Waals surface area (Å²) in [5, 5.41) is 4.17. The molecule has 0 atom stereocenters. The van der Waals surface area contributed by atoms with Gasteiger partial charge in [-0.1, -0.05) is 20.8 Å². The van der Waals surface area contributed by atoms with Gasteiger partial charge in [-0.2, -0.15) is 5.10 Å². The zero-order chi connectivity index (χ0) is 10.1. The SMILES string of the molecule is CCC(C)(CC)c1cc(N)nn1C. The fourth-order valence-electron chi connectivity index (χ4n) is 1.67. The Morgan fingerprint density at radius 2 is 2.00 bits per heavy atom. The van der Waals surface area contributed by atoms with Crippen molar-refractivity contribution in [2.45, 2.75) is 39.0 Å². The van der Waals surface area contributed by atoms with Crippen molar-refractivity contribution in [1.82, 2.24) is 9.78 Å². The van der Waals surface area contributed by atoms with E-state index in [1.54, 1.807) is 0 Å². The first-order valence-electron chi connectivity index (χ1n) is 4.83. The molecule has 0 aliphatic heterocycles. The molecular formula is C10H19N3. The summed E-state index contributed by atoms with van der Waals surface area (Å²) in [6.45, 7) is 6.66. The van der Waals surface area contributed by atoms with Crippen molar-refractivity contribution in [1.29, 1.82) is 0 Å². The highest BCUT2D eigenvalue weighted by Gasteiger charge is 2.25. The molecule has 0 aliphatic carbocycles. The summed E-state index contributed by atoms with van der Waals surface area (Å²) >= 11 is 0. The van der Waals surface area contributed by atoms with Crippen molar-refractivity contribution in [3.05, 3.63) is 11.8 Å². The Balaban J connectivity index is 3.11. The van der Waals surface area contributed by atoms with E-state index < -0.39 is 0 Å². The van der Waals surface area contributed by atoms with E-state index in [1.807, 2.05) is 17.8 Å². The summed E-state index contributed by atoms with van der Waals surface area (Å²) < 4.78 is 1.89. The summed E-state index contributed by atoms with van der Waals surface area (Å²) in [4.78, 5) is 0. The fourth-order valence-corrected chi connectivity index (χ4v) is 1.67. The van der Waals surface area contributed by atoms with Crippen molar-refractivity contribution < 1.29 is 0 Å². The van der Waals surface area contributed by atoms with Gasteiger partial charge in [0.25, 0.3) is 0 Å². The summed E-state index contributed by atoms with van der Waals surface area (Å²) in [6.07, 6.45) is 2.23. The third-order valence-electron chi connectivity index (χ3n) is 3.08. The fraction of sp³-hybridized carbons (Fsp3) is 0.700. The van der Waals surface area contributed by atoms with E-state index in [1.165, 1.54) is 5.69 Å². The summed E-state index contributed by atoms with van der Waals surface area (Å²) in [6, 6.07) is 1.98. The van der Waals surface area contributed by atoms with Gasteiger partial charge in [-0.05, 0) is 12.8 Å². The maximum absolute atomic E-state index is 5.65. The zero-order valence-corrected chi connectivity index (χ0v) is 8.96. The van der Waals surface area contributed by atoms with Crippen molar-refractivity contribution in [2.75, 3.05) is 5.73 Å². The average molecular weight is 181 g/mol. The molecule has 3 heteroatoms. The molecule has 0 amide bonds. The van der Waals surface area contributed by atoms with Crippen LogP contribution in [-0.2, 0) is 12.5 Å². The first-order valence-corrected chi connectivity index (χ1v) is 4.83. The van der Waals surface area contributed by atoms with Crippen LogP contribution in [0.5, 0.6) is 0 Å². The summed E-state index contributed by atoms with van der Waals surface area (Å²) in [5.41, 5.74) is 7.09. The number of nitrogens with two attached hydrogens (primary N) is 1. The second-order valence-corrected chi connectivity index (χ2v) is 3.85. The summed E-state index contributed by atoms with van der Waals surface area (Å²) in [5.74, 6) is 0.616. The van der Waals surface area contributed by atoms with E-state index in [0.29, 0.717) is 5.82 Å². The molecule has 74 valence electrons. The Kier molecular flexibility index (Phi) is 2.64.